The highest BCUT2D eigenvalue weighted by Gasteiger charge is 2.25. The number of ether oxygens (including phenoxy) is 4. The smallest absolute Gasteiger partial charge is 0.361 e. The summed E-state index contributed by atoms with van der Waals surface area (Å²) in [7, 11) is 5.96. The highest BCUT2D eigenvalue weighted by Crippen LogP contribution is 2.18. The predicted molar refractivity (Wildman–Crippen MR) is 373 cm³/mol. The number of carboxylic acids is 1. The van der Waals surface area contributed by atoms with E-state index in [1.54, 1.807) is 0 Å². The summed E-state index contributed by atoms with van der Waals surface area (Å²) in [6, 6.07) is 0. The zero-order chi connectivity index (χ0) is 63.3. The number of quaternary nitrogens is 1. The number of likely N-dealkylation sites (N-methyl/N-ethyl adjacent to an activating group) is 1. The largest absolute Gasteiger partial charge is 0.477 e. The predicted octanol–water partition coefficient (Wildman–Crippen LogP) is 22.6. The number of allylic oxidation sites excluding steroid dienone is 18. The minimum absolute atomic E-state index is 0.177. The average Bonchev–Trinajstić information content (AvgIpc) is 3.56. The van der Waals surface area contributed by atoms with Crippen LogP contribution in [0.1, 0.15) is 309 Å². The number of aliphatic carboxylic acids is 1. The van der Waals surface area contributed by atoms with Gasteiger partial charge in [-0.1, -0.05) is 322 Å². The number of carbonyl (C=O) groups excluding carboxylic acids is 2. The third kappa shape index (κ3) is 69.3. The minimum Gasteiger partial charge on any atom is -0.477 e. The molecule has 0 aliphatic carbocycles. The van der Waals surface area contributed by atoms with Crippen molar-refractivity contribution in [2.75, 3.05) is 47.5 Å². The molecule has 0 fully saturated rings. The number of nitrogens with zero attached hydrogens (tertiary/aromatic N) is 1. The summed E-state index contributed by atoms with van der Waals surface area (Å²) in [5, 5.41) is 9.75. The molecule has 0 rings (SSSR count). The van der Waals surface area contributed by atoms with Gasteiger partial charge in [0.05, 0.1) is 34.4 Å². The molecule has 0 heterocycles. The Balaban J connectivity index is 4.18. The van der Waals surface area contributed by atoms with E-state index in [1.807, 2.05) is 21.1 Å². The van der Waals surface area contributed by atoms with Crippen LogP contribution in [-0.4, -0.2) is 87.4 Å². The zero-order valence-electron chi connectivity index (χ0n) is 57.2. The summed E-state index contributed by atoms with van der Waals surface area (Å²) >= 11 is 0. The van der Waals surface area contributed by atoms with Crippen molar-refractivity contribution in [1.29, 1.82) is 0 Å². The minimum atomic E-state index is -1.53. The summed E-state index contributed by atoms with van der Waals surface area (Å²) in [5.41, 5.74) is 0. The monoisotopic (exact) mass is 1220 g/mol. The van der Waals surface area contributed by atoms with Crippen LogP contribution in [0.15, 0.2) is 109 Å². The van der Waals surface area contributed by atoms with E-state index in [1.165, 1.54) is 180 Å². The fourth-order valence-electron chi connectivity index (χ4n) is 10.1. The van der Waals surface area contributed by atoms with Gasteiger partial charge < -0.3 is 28.5 Å². The van der Waals surface area contributed by atoms with Crippen LogP contribution in [0.25, 0.3) is 0 Å². The summed E-state index contributed by atoms with van der Waals surface area (Å²) in [4.78, 5) is 37.6. The quantitative estimate of drug-likeness (QED) is 0.0211. The van der Waals surface area contributed by atoms with Crippen molar-refractivity contribution >= 4 is 17.9 Å². The van der Waals surface area contributed by atoms with Crippen LogP contribution >= 0.6 is 0 Å². The molecule has 0 aromatic heterocycles. The van der Waals surface area contributed by atoms with Gasteiger partial charge in [0.1, 0.15) is 13.2 Å². The van der Waals surface area contributed by atoms with Crippen LogP contribution in [0.2, 0.25) is 0 Å². The van der Waals surface area contributed by atoms with Gasteiger partial charge in [0.15, 0.2) is 6.10 Å². The number of hydrogen-bond acceptors (Lipinski definition) is 7. The van der Waals surface area contributed by atoms with Gasteiger partial charge in [-0.3, -0.25) is 9.59 Å². The van der Waals surface area contributed by atoms with Gasteiger partial charge in [-0.15, -0.1) is 0 Å². The van der Waals surface area contributed by atoms with Crippen molar-refractivity contribution in [3.8, 4) is 0 Å². The number of rotatable bonds is 66. The molecule has 1 N–H and O–H groups in total. The lowest BCUT2D eigenvalue weighted by Gasteiger charge is -2.25. The Hall–Kier alpha value is -4.05. The first-order valence-electron chi connectivity index (χ1n) is 36.1. The molecule has 0 aliphatic heterocycles. The van der Waals surface area contributed by atoms with Crippen molar-refractivity contribution in [3.05, 3.63) is 109 Å². The van der Waals surface area contributed by atoms with E-state index in [0.717, 1.165) is 96.3 Å². The molecular weight excluding hydrogens is 1080 g/mol. The van der Waals surface area contributed by atoms with Gasteiger partial charge in [-0.25, -0.2) is 4.79 Å². The van der Waals surface area contributed by atoms with E-state index in [4.69, 9.17) is 18.9 Å². The second-order valence-corrected chi connectivity index (χ2v) is 25.2. The topological polar surface area (TPSA) is 108 Å². The molecular formula is C78H136NO8+. The molecule has 0 amide bonds. The third-order valence-electron chi connectivity index (χ3n) is 15.5. The van der Waals surface area contributed by atoms with Crippen molar-refractivity contribution < 1.29 is 42.9 Å². The molecule has 0 aromatic carbocycles. The second-order valence-electron chi connectivity index (χ2n) is 25.2. The van der Waals surface area contributed by atoms with E-state index < -0.39 is 24.3 Å². The van der Waals surface area contributed by atoms with Crippen LogP contribution in [0, 0.1) is 0 Å². The van der Waals surface area contributed by atoms with Gasteiger partial charge in [-0.2, -0.15) is 0 Å². The van der Waals surface area contributed by atoms with Crippen LogP contribution in [0.4, 0.5) is 0 Å². The highest BCUT2D eigenvalue weighted by molar-refractivity contribution is 5.71. The molecule has 500 valence electrons. The van der Waals surface area contributed by atoms with Crippen LogP contribution in [0.3, 0.4) is 0 Å². The molecule has 0 bridgehead atoms. The van der Waals surface area contributed by atoms with E-state index in [0.29, 0.717) is 23.9 Å². The highest BCUT2D eigenvalue weighted by atomic mass is 16.7. The molecule has 87 heavy (non-hydrogen) atoms. The lowest BCUT2D eigenvalue weighted by Crippen LogP contribution is -2.40. The maximum absolute atomic E-state index is 12.9. The Morgan fingerprint density at radius 1 is 0.356 bits per heavy atom. The van der Waals surface area contributed by atoms with Gasteiger partial charge in [-0.05, 0) is 83.5 Å². The van der Waals surface area contributed by atoms with Crippen molar-refractivity contribution in [2.24, 2.45) is 0 Å². The molecule has 0 spiro atoms. The number of hydrogen-bond donors (Lipinski definition) is 1. The molecule has 2 atom stereocenters. The first-order chi connectivity index (χ1) is 42.6. The van der Waals surface area contributed by atoms with E-state index in [2.05, 4.69) is 123 Å². The Kier molecular flexibility index (Phi) is 64.7. The average molecular weight is 1220 g/mol. The molecule has 9 heteroatoms. The van der Waals surface area contributed by atoms with E-state index >= 15 is 0 Å². The Morgan fingerprint density at radius 2 is 0.655 bits per heavy atom. The maximum atomic E-state index is 12.9. The van der Waals surface area contributed by atoms with Gasteiger partial charge >= 0.3 is 17.9 Å². The molecule has 9 nitrogen and oxygen atoms in total. The SMILES string of the molecule is CC/C=C\C/C=C\C/C=C\C/C=C\C/C=C\C/C=C\C/C=C\C/C=C\C/C=C\CCCCCC(=O)OC(COC(=O)CCCCCCCCCCCCCCCCCCCCCCCCCCCCCCCCC)COC(OCC[N+](C)(C)C)C(=O)O. The number of carboxylic acid groups (broad SMARTS) is 1. The molecule has 0 saturated heterocycles. The van der Waals surface area contributed by atoms with Crippen LogP contribution < -0.4 is 0 Å². The molecule has 0 saturated carbocycles. The van der Waals surface area contributed by atoms with E-state index in [9.17, 15) is 19.5 Å². The second kappa shape index (κ2) is 67.9. The molecule has 0 radical (unpaired) electrons. The summed E-state index contributed by atoms with van der Waals surface area (Å²) in [6.45, 7) is 4.75. The van der Waals surface area contributed by atoms with Crippen molar-refractivity contribution in [3.63, 3.8) is 0 Å². The summed E-state index contributed by atoms with van der Waals surface area (Å²) in [6.07, 6.45) is 92.2. The Labute approximate surface area is 536 Å². The Bertz CT molecular complexity index is 1800. The first-order valence-corrected chi connectivity index (χ1v) is 36.1. The van der Waals surface area contributed by atoms with Gasteiger partial charge in [0.25, 0.3) is 6.29 Å². The summed E-state index contributed by atoms with van der Waals surface area (Å²) < 4.78 is 22.9. The van der Waals surface area contributed by atoms with E-state index in [-0.39, 0.29) is 32.2 Å². The summed E-state index contributed by atoms with van der Waals surface area (Å²) in [5.74, 6) is -2.05. The maximum Gasteiger partial charge on any atom is 0.361 e. The molecule has 0 aromatic rings. The third-order valence-corrected chi connectivity index (χ3v) is 15.5. The fourth-order valence-corrected chi connectivity index (χ4v) is 10.1. The van der Waals surface area contributed by atoms with Crippen LogP contribution in [-0.2, 0) is 33.3 Å². The fraction of sp³-hybridized carbons (Fsp3) is 0.731. The number of esters is 2. The zero-order valence-corrected chi connectivity index (χ0v) is 57.2. The van der Waals surface area contributed by atoms with Gasteiger partial charge in [0.2, 0.25) is 0 Å². The van der Waals surface area contributed by atoms with Gasteiger partial charge in [0, 0.05) is 12.8 Å². The van der Waals surface area contributed by atoms with Crippen molar-refractivity contribution in [1.82, 2.24) is 0 Å². The van der Waals surface area contributed by atoms with Crippen molar-refractivity contribution in [2.45, 2.75) is 322 Å². The Morgan fingerprint density at radius 3 is 0.977 bits per heavy atom. The lowest BCUT2D eigenvalue weighted by molar-refractivity contribution is -0.870. The molecule has 0 aliphatic rings. The first kappa shape index (κ1) is 83.0. The normalized spacial score (nSPS) is 13.3. The number of carbonyl (C=O) groups is 3. The standard InChI is InChI=1S/C78H135NO8/c1-6-8-10-12-14-16-18-20-22-24-26-28-30-32-34-36-38-40-42-44-46-48-50-52-54-56-58-60-62-64-66-68-75(80)85-72-74(73-86-78(77(82)83)84-71-70-79(3,4)5)87-76(81)69-67-65-63-61-59-57-55-53-51-49-47-45-43-41-39-37-35-33-31-29-27-25-23-21-19-17-15-13-11-9-7-2/h9,11,15,17,21,23,27,29,33,35,39,41,45,47,51,53,57,59,74,78H,6-8,10,12-14,16,18-20,22,24-26,28,30-32,34,36-38,40,42-44,46,48-50,52,54-56,58,60-73H2,1-5H3/p+1/b11-9-,17-15-,23-21-,29-27-,35-33-,41-39-,47-45-,53-51-,59-57-. The number of unbranched alkanes of at least 4 members (excludes halogenated alkanes) is 33. The lowest BCUT2D eigenvalue weighted by atomic mass is 10.0. The van der Waals surface area contributed by atoms with Crippen LogP contribution in [0.5, 0.6) is 0 Å². The molecule has 2 unspecified atom stereocenters.